The highest BCUT2D eigenvalue weighted by molar-refractivity contribution is 14.1. The summed E-state index contributed by atoms with van der Waals surface area (Å²) in [7, 11) is 0. The van der Waals surface area contributed by atoms with Gasteiger partial charge >= 0.3 is 5.97 Å². The van der Waals surface area contributed by atoms with E-state index < -0.39 is 5.97 Å². The van der Waals surface area contributed by atoms with Crippen molar-refractivity contribution in [3.63, 3.8) is 0 Å². The molecule has 0 atom stereocenters. The Morgan fingerprint density at radius 1 is 1.03 bits per heavy atom. The Balaban J connectivity index is 1.61. The number of ether oxygens (including phenoxy) is 3. The molecule has 0 bridgehead atoms. The minimum absolute atomic E-state index is 0.231. The van der Waals surface area contributed by atoms with Gasteiger partial charge in [-0.15, -0.1) is 0 Å². The first kappa shape index (κ1) is 24.0. The zero-order valence-corrected chi connectivity index (χ0v) is 22.8. The molecule has 1 aliphatic heterocycles. The summed E-state index contributed by atoms with van der Waals surface area (Å²) in [6, 6.07) is 19.1. The van der Waals surface area contributed by atoms with Gasteiger partial charge in [0.25, 0.3) is 0 Å². The highest BCUT2D eigenvalue weighted by atomic mass is 127. The fraction of sp³-hybridized carbons (Fsp3) is 0.120. The number of carbonyl (C=O) groups excluding carboxylic acids is 1. The van der Waals surface area contributed by atoms with E-state index >= 15 is 0 Å². The zero-order chi connectivity index (χ0) is 23.4. The van der Waals surface area contributed by atoms with E-state index in [4.69, 9.17) is 14.2 Å². The summed E-state index contributed by atoms with van der Waals surface area (Å²) >= 11 is 9.09. The molecule has 3 aromatic carbocycles. The molecule has 8 heteroatoms. The molecule has 1 aliphatic rings. The van der Waals surface area contributed by atoms with Crippen molar-refractivity contribution in [2.45, 2.75) is 13.5 Å². The van der Waals surface area contributed by atoms with Crippen LogP contribution in [0.3, 0.4) is 0 Å². The number of hydrogen-bond acceptors (Lipinski definition) is 5. The second-order valence-electron chi connectivity index (χ2n) is 7.02. The van der Waals surface area contributed by atoms with Gasteiger partial charge in [0, 0.05) is 14.5 Å². The van der Waals surface area contributed by atoms with Gasteiger partial charge in [-0.25, -0.2) is 9.79 Å². The largest absolute Gasteiger partial charge is 0.490 e. The van der Waals surface area contributed by atoms with Crippen molar-refractivity contribution >= 4 is 72.4 Å². The summed E-state index contributed by atoms with van der Waals surface area (Å²) in [4.78, 5) is 16.8. The third kappa shape index (κ3) is 6.04. The number of aliphatic imine (C=N–C) groups is 1. The first-order valence-corrected chi connectivity index (χ1v) is 12.7. The Kier molecular flexibility index (Phi) is 7.87. The molecule has 5 nitrogen and oxygen atoms in total. The van der Waals surface area contributed by atoms with Crippen LogP contribution in [-0.2, 0) is 16.1 Å². The lowest BCUT2D eigenvalue weighted by Gasteiger charge is -2.15. The minimum Gasteiger partial charge on any atom is -0.490 e. The summed E-state index contributed by atoms with van der Waals surface area (Å²) in [6.45, 7) is 2.81. The third-order valence-electron chi connectivity index (χ3n) is 4.62. The van der Waals surface area contributed by atoms with E-state index in [2.05, 4.69) is 59.4 Å². The maximum atomic E-state index is 12.4. The average molecular weight is 683 g/mol. The average Bonchev–Trinajstić information content (AvgIpc) is 3.14. The smallest absolute Gasteiger partial charge is 0.363 e. The van der Waals surface area contributed by atoms with E-state index in [9.17, 15) is 4.79 Å². The summed E-state index contributed by atoms with van der Waals surface area (Å²) in [6.07, 6.45) is 1.69. The van der Waals surface area contributed by atoms with Crippen LogP contribution in [0.1, 0.15) is 23.6 Å². The van der Waals surface area contributed by atoms with Crippen molar-refractivity contribution in [2.75, 3.05) is 6.61 Å². The van der Waals surface area contributed by atoms with Crippen LogP contribution in [0.4, 0.5) is 0 Å². The maximum absolute atomic E-state index is 12.4. The molecule has 168 valence electrons. The Labute approximate surface area is 222 Å². The summed E-state index contributed by atoms with van der Waals surface area (Å²) in [5, 5.41) is 0. The molecule has 0 N–H and O–H groups in total. The van der Waals surface area contributed by atoms with Crippen LogP contribution in [0.15, 0.2) is 80.3 Å². The second-order valence-corrected chi connectivity index (χ2v) is 10.0. The van der Waals surface area contributed by atoms with Crippen LogP contribution in [0, 0.1) is 3.57 Å². The number of carbonyl (C=O) groups is 1. The van der Waals surface area contributed by atoms with Gasteiger partial charge in [-0.1, -0.05) is 44.0 Å². The van der Waals surface area contributed by atoms with E-state index in [0.29, 0.717) is 24.7 Å². The quantitative estimate of drug-likeness (QED) is 0.151. The second kappa shape index (κ2) is 10.8. The Hall–Kier alpha value is -2.17. The van der Waals surface area contributed by atoms with Gasteiger partial charge in [0.2, 0.25) is 5.90 Å². The number of cyclic esters (lactones) is 1. The molecule has 4 rings (SSSR count). The summed E-state index contributed by atoms with van der Waals surface area (Å²) in [5.74, 6) is 1.06. The molecule has 3 aromatic rings. The van der Waals surface area contributed by atoms with Gasteiger partial charge in [-0.3, -0.25) is 0 Å². The number of halogens is 3. The molecule has 0 radical (unpaired) electrons. The SMILES string of the molecule is CCOc1cc(/C=C2\N=C(c3ccc(Br)cc3)OC2=O)cc(I)c1OCc1cccc(Br)c1. The molecule has 0 spiro atoms. The van der Waals surface area contributed by atoms with Crippen molar-refractivity contribution in [1.82, 2.24) is 0 Å². The number of hydrogen-bond donors (Lipinski definition) is 0. The van der Waals surface area contributed by atoms with Crippen molar-refractivity contribution in [1.29, 1.82) is 0 Å². The van der Waals surface area contributed by atoms with Crippen molar-refractivity contribution in [3.05, 3.63) is 95.6 Å². The van der Waals surface area contributed by atoms with Crippen molar-refractivity contribution in [3.8, 4) is 11.5 Å². The molecular weight excluding hydrogens is 665 g/mol. The predicted molar refractivity (Wildman–Crippen MR) is 144 cm³/mol. The van der Waals surface area contributed by atoms with Gasteiger partial charge in [-0.05, 0) is 95.2 Å². The van der Waals surface area contributed by atoms with E-state index in [1.54, 1.807) is 6.08 Å². The molecule has 33 heavy (non-hydrogen) atoms. The highest BCUT2D eigenvalue weighted by Crippen LogP contribution is 2.36. The third-order valence-corrected chi connectivity index (χ3v) is 6.44. The van der Waals surface area contributed by atoms with Crippen LogP contribution in [0.5, 0.6) is 11.5 Å². The number of benzene rings is 3. The molecule has 1 heterocycles. The fourth-order valence-corrected chi connectivity index (χ4v) is 4.63. The van der Waals surface area contributed by atoms with Gasteiger partial charge in [0.15, 0.2) is 17.2 Å². The molecule has 0 saturated heterocycles. The van der Waals surface area contributed by atoms with Crippen LogP contribution in [0.2, 0.25) is 0 Å². The van der Waals surface area contributed by atoms with E-state index in [1.165, 1.54) is 0 Å². The first-order chi connectivity index (χ1) is 15.9. The monoisotopic (exact) mass is 681 g/mol. The lowest BCUT2D eigenvalue weighted by molar-refractivity contribution is -0.129. The normalized spacial score (nSPS) is 14.2. The topological polar surface area (TPSA) is 57.1 Å². The highest BCUT2D eigenvalue weighted by Gasteiger charge is 2.24. The van der Waals surface area contributed by atoms with Gasteiger partial charge in [0.1, 0.15) is 6.61 Å². The molecule has 0 fully saturated rings. The predicted octanol–water partition coefficient (Wildman–Crippen LogP) is 7.14. The molecule has 0 amide bonds. The minimum atomic E-state index is -0.490. The Morgan fingerprint density at radius 3 is 2.55 bits per heavy atom. The fourth-order valence-electron chi connectivity index (χ4n) is 3.14. The zero-order valence-electron chi connectivity index (χ0n) is 17.5. The van der Waals surface area contributed by atoms with Crippen molar-refractivity contribution in [2.24, 2.45) is 4.99 Å². The molecule has 0 unspecified atom stereocenters. The Bertz CT molecular complexity index is 1260. The standard InChI is InChI=1S/C25H18Br2INO4/c1-2-31-22-13-16(11-20(28)23(22)32-14-15-4-3-5-19(27)10-15)12-21-25(30)33-24(29-21)17-6-8-18(26)9-7-17/h3-13H,2,14H2,1H3/b21-12-. The van der Waals surface area contributed by atoms with Gasteiger partial charge in [-0.2, -0.15) is 0 Å². The lowest BCUT2D eigenvalue weighted by Crippen LogP contribution is -2.05. The van der Waals surface area contributed by atoms with Crippen LogP contribution in [0.25, 0.3) is 6.08 Å². The van der Waals surface area contributed by atoms with Crippen molar-refractivity contribution < 1.29 is 19.0 Å². The number of esters is 1. The first-order valence-electron chi connectivity index (χ1n) is 10.0. The van der Waals surface area contributed by atoms with Gasteiger partial charge in [0.05, 0.1) is 10.2 Å². The Morgan fingerprint density at radius 2 is 1.82 bits per heavy atom. The number of nitrogens with zero attached hydrogens (tertiary/aromatic N) is 1. The number of rotatable bonds is 7. The van der Waals surface area contributed by atoms with Crippen LogP contribution in [-0.4, -0.2) is 18.5 Å². The molecule has 0 saturated carbocycles. The maximum Gasteiger partial charge on any atom is 0.363 e. The van der Waals surface area contributed by atoms with E-state index in [-0.39, 0.29) is 11.6 Å². The van der Waals surface area contributed by atoms with Crippen LogP contribution >= 0.6 is 54.5 Å². The summed E-state index contributed by atoms with van der Waals surface area (Å²) in [5.41, 5.74) is 2.77. The van der Waals surface area contributed by atoms with Gasteiger partial charge < -0.3 is 14.2 Å². The van der Waals surface area contributed by atoms with E-state index in [0.717, 1.165) is 29.2 Å². The molecular formula is C25H18Br2INO4. The van der Waals surface area contributed by atoms with Crippen LogP contribution < -0.4 is 9.47 Å². The van der Waals surface area contributed by atoms with E-state index in [1.807, 2.05) is 67.6 Å². The molecule has 0 aromatic heterocycles. The molecule has 0 aliphatic carbocycles. The summed E-state index contributed by atoms with van der Waals surface area (Å²) < 4.78 is 20.1. The lowest BCUT2D eigenvalue weighted by atomic mass is 10.1.